The number of ketones is 1. The van der Waals surface area contributed by atoms with Crippen molar-refractivity contribution in [3.05, 3.63) is 40.3 Å². The third-order valence-corrected chi connectivity index (χ3v) is 5.84. The Hall–Kier alpha value is -3.47. The summed E-state index contributed by atoms with van der Waals surface area (Å²) in [6, 6.07) is 6.06. The molecule has 40 heavy (non-hydrogen) atoms. The van der Waals surface area contributed by atoms with Crippen LogP contribution in [0, 0.1) is 17.3 Å². The monoisotopic (exact) mass is 561 g/mol. The number of ether oxygens (including phenoxy) is 3. The van der Waals surface area contributed by atoms with Gasteiger partial charge in [-0.3, -0.25) is 19.2 Å². The third kappa shape index (κ3) is 14.1. The maximum absolute atomic E-state index is 12.9. The largest absolute Gasteiger partial charge is 0.460 e. The molecule has 1 rings (SSSR count). The average molecular weight is 562 g/mol. The van der Waals surface area contributed by atoms with Crippen LogP contribution in [-0.2, 0) is 40.0 Å². The third-order valence-electron chi connectivity index (χ3n) is 5.84. The normalized spacial score (nSPS) is 12.7. The highest BCUT2D eigenvalue weighted by molar-refractivity contribution is 5.97. The second-order valence-electron chi connectivity index (χ2n) is 10.8. The molecule has 0 spiro atoms. The maximum Gasteiger partial charge on any atom is 0.311 e. The fraction of sp³-hybridized carbons (Fsp3) is 0.643. The van der Waals surface area contributed by atoms with Gasteiger partial charge in [-0.2, -0.15) is 0 Å². The summed E-state index contributed by atoms with van der Waals surface area (Å²) < 4.78 is 15.9. The molecule has 0 aromatic heterocycles. The van der Waals surface area contributed by atoms with Crippen LogP contribution in [0.3, 0.4) is 0 Å². The Morgan fingerprint density at radius 3 is 2.15 bits per heavy atom. The lowest BCUT2D eigenvalue weighted by molar-refractivity contribution is -0.154. The highest BCUT2D eigenvalue weighted by Gasteiger charge is 2.27. The molecule has 0 aliphatic carbocycles. The van der Waals surface area contributed by atoms with Crippen LogP contribution in [0.25, 0.3) is 10.4 Å². The minimum Gasteiger partial charge on any atom is -0.460 e. The van der Waals surface area contributed by atoms with Crippen LogP contribution in [-0.4, -0.2) is 62.6 Å². The second-order valence-corrected chi connectivity index (χ2v) is 10.8. The van der Waals surface area contributed by atoms with Crippen LogP contribution in [0.15, 0.2) is 29.4 Å². The zero-order valence-corrected chi connectivity index (χ0v) is 24.4. The Kier molecular flexibility index (Phi) is 15.5. The molecular weight excluding hydrogens is 518 g/mol. The number of carbonyl (C=O) groups excluding carboxylic acids is 4. The molecule has 0 saturated carbocycles. The predicted octanol–water partition coefficient (Wildman–Crippen LogP) is 4.18. The topological polar surface area (TPSA) is 169 Å². The Morgan fingerprint density at radius 1 is 0.950 bits per heavy atom. The molecule has 12 nitrogen and oxygen atoms in total. The van der Waals surface area contributed by atoms with E-state index < -0.39 is 23.3 Å². The zero-order valence-electron chi connectivity index (χ0n) is 24.4. The van der Waals surface area contributed by atoms with Gasteiger partial charge in [0, 0.05) is 35.9 Å². The Balaban J connectivity index is 2.46. The van der Waals surface area contributed by atoms with Crippen molar-refractivity contribution < 1.29 is 33.4 Å². The molecule has 0 radical (unpaired) electrons. The maximum atomic E-state index is 12.9. The van der Waals surface area contributed by atoms with Crippen LogP contribution in [0.1, 0.15) is 59.9 Å². The van der Waals surface area contributed by atoms with E-state index in [-0.39, 0.29) is 56.2 Å². The molecular formula is C28H43N5O7. The van der Waals surface area contributed by atoms with Gasteiger partial charge in [-0.15, -0.1) is 0 Å². The van der Waals surface area contributed by atoms with Gasteiger partial charge in [0.2, 0.25) is 11.8 Å². The summed E-state index contributed by atoms with van der Waals surface area (Å²) in [7, 11) is 0. The van der Waals surface area contributed by atoms with Crippen molar-refractivity contribution in [2.75, 3.05) is 38.3 Å². The van der Waals surface area contributed by atoms with Crippen molar-refractivity contribution in [1.82, 2.24) is 5.32 Å². The van der Waals surface area contributed by atoms with Gasteiger partial charge < -0.3 is 24.8 Å². The summed E-state index contributed by atoms with van der Waals surface area (Å²) in [4.78, 5) is 52.6. The fourth-order valence-electron chi connectivity index (χ4n) is 3.32. The van der Waals surface area contributed by atoms with E-state index in [0.717, 1.165) is 5.56 Å². The van der Waals surface area contributed by atoms with Crippen LogP contribution in [0.2, 0.25) is 0 Å². The van der Waals surface area contributed by atoms with Gasteiger partial charge >= 0.3 is 5.97 Å². The van der Waals surface area contributed by atoms with Crippen LogP contribution >= 0.6 is 0 Å². The van der Waals surface area contributed by atoms with Gasteiger partial charge in [-0.1, -0.05) is 31.1 Å². The summed E-state index contributed by atoms with van der Waals surface area (Å²) >= 11 is 0. The lowest BCUT2D eigenvalue weighted by Gasteiger charge is -2.22. The molecule has 1 aromatic rings. The summed E-state index contributed by atoms with van der Waals surface area (Å²) in [5, 5.41) is 8.82. The van der Waals surface area contributed by atoms with Crippen molar-refractivity contribution in [1.29, 1.82) is 0 Å². The van der Waals surface area contributed by atoms with Crippen LogP contribution in [0.5, 0.6) is 0 Å². The average Bonchev–Trinajstić information content (AvgIpc) is 2.89. The summed E-state index contributed by atoms with van der Waals surface area (Å²) in [6.07, 6.45) is 0.210. The quantitative estimate of drug-likeness (QED) is 0.0890. The number of nitrogens with one attached hydrogen (secondary N) is 2. The minimum absolute atomic E-state index is 0.0467. The molecule has 1 aromatic carbocycles. The number of azide groups is 1. The second kappa shape index (κ2) is 18.0. The standard InChI is InChI=1S/C28H43N5O7/c1-19(2)24(17-23(34)11-13-38-15-16-39-14-12-30-33-29)26(36)31-20(3)25(35)32-22-9-7-21(8-10-22)18-40-27(37)28(4,5)6/h7-10,19-20,24H,11-18H2,1-6H3,(H,31,36)(H,32,35)/t20-,24-/m0/s1. The first kappa shape index (κ1) is 34.6. The summed E-state index contributed by atoms with van der Waals surface area (Å²) in [5.74, 6) is -1.86. The first-order chi connectivity index (χ1) is 18.8. The first-order valence-corrected chi connectivity index (χ1v) is 13.4. The zero-order chi connectivity index (χ0) is 30.1. The molecule has 0 saturated heterocycles. The van der Waals surface area contributed by atoms with E-state index in [4.69, 9.17) is 19.7 Å². The van der Waals surface area contributed by atoms with Crippen molar-refractivity contribution >= 4 is 29.3 Å². The van der Waals surface area contributed by atoms with Crippen molar-refractivity contribution in [2.24, 2.45) is 22.4 Å². The number of rotatable bonds is 18. The molecule has 2 atom stereocenters. The van der Waals surface area contributed by atoms with Gasteiger partial charge in [-0.25, -0.2) is 0 Å². The number of Topliss-reactive ketones (excluding diaryl/α,β-unsaturated/α-hetero) is 1. The van der Waals surface area contributed by atoms with Crippen molar-refractivity contribution in [3.63, 3.8) is 0 Å². The molecule has 0 aliphatic heterocycles. The molecule has 0 aliphatic rings. The number of anilines is 1. The van der Waals surface area contributed by atoms with Gasteiger partial charge in [0.25, 0.3) is 0 Å². The molecule has 12 heteroatoms. The Morgan fingerprint density at radius 2 is 1.57 bits per heavy atom. The summed E-state index contributed by atoms with van der Waals surface area (Å²) in [5.41, 5.74) is 8.92. The number of hydrogen-bond donors (Lipinski definition) is 2. The molecule has 0 unspecified atom stereocenters. The Bertz CT molecular complexity index is 1010. The van der Waals surface area contributed by atoms with E-state index in [1.807, 2.05) is 13.8 Å². The number of carbonyl (C=O) groups is 4. The molecule has 0 heterocycles. The number of nitrogens with zero attached hydrogens (tertiary/aromatic N) is 3. The number of amides is 2. The molecule has 0 fully saturated rings. The smallest absolute Gasteiger partial charge is 0.311 e. The van der Waals surface area contributed by atoms with E-state index in [2.05, 4.69) is 20.7 Å². The first-order valence-electron chi connectivity index (χ1n) is 13.4. The number of benzene rings is 1. The van der Waals surface area contributed by atoms with Gasteiger partial charge in [-0.05, 0) is 56.8 Å². The van der Waals surface area contributed by atoms with E-state index >= 15 is 0 Å². The van der Waals surface area contributed by atoms with E-state index in [9.17, 15) is 19.2 Å². The van der Waals surface area contributed by atoms with Crippen molar-refractivity contribution in [3.8, 4) is 0 Å². The van der Waals surface area contributed by atoms with Crippen LogP contribution < -0.4 is 10.6 Å². The summed E-state index contributed by atoms with van der Waals surface area (Å²) in [6.45, 7) is 12.1. The lowest BCUT2D eigenvalue weighted by Crippen LogP contribution is -2.45. The van der Waals surface area contributed by atoms with E-state index in [1.54, 1.807) is 52.0 Å². The van der Waals surface area contributed by atoms with Gasteiger partial charge in [0.1, 0.15) is 18.4 Å². The fourth-order valence-corrected chi connectivity index (χ4v) is 3.32. The molecule has 0 bridgehead atoms. The van der Waals surface area contributed by atoms with Gasteiger partial charge in [0.15, 0.2) is 0 Å². The highest BCUT2D eigenvalue weighted by atomic mass is 16.5. The molecule has 2 N–H and O–H groups in total. The minimum atomic E-state index is -0.821. The SMILES string of the molecule is CC(C)[C@H](CC(=O)CCOCCOCCN=[N+]=[N-])C(=O)N[C@@H](C)C(=O)Nc1ccc(COC(=O)C(C)(C)C)cc1. The molecule has 222 valence electrons. The lowest BCUT2D eigenvalue weighted by atomic mass is 9.89. The number of hydrogen-bond acceptors (Lipinski definition) is 8. The van der Waals surface area contributed by atoms with E-state index in [1.165, 1.54) is 0 Å². The Labute approximate surface area is 236 Å². The van der Waals surface area contributed by atoms with Crippen LogP contribution in [0.4, 0.5) is 5.69 Å². The predicted molar refractivity (Wildman–Crippen MR) is 150 cm³/mol. The number of esters is 1. The van der Waals surface area contributed by atoms with Crippen molar-refractivity contribution in [2.45, 2.75) is 67.0 Å². The van der Waals surface area contributed by atoms with E-state index in [0.29, 0.717) is 25.5 Å². The highest BCUT2D eigenvalue weighted by Crippen LogP contribution is 2.19. The van der Waals surface area contributed by atoms with Gasteiger partial charge in [0.05, 0.1) is 31.8 Å². The molecule has 2 amide bonds.